The van der Waals surface area contributed by atoms with Crippen LogP contribution in [-0.2, 0) is 6.50 Å². The molecule has 0 aliphatic heterocycles. The first-order valence-corrected chi connectivity index (χ1v) is 11.2. The minimum absolute atomic E-state index is 0.313. The summed E-state index contributed by atoms with van der Waals surface area (Å²) >= 11 is 0. The number of aromatic nitrogens is 4. The number of nitrogens with zero attached hydrogens (tertiary/aromatic N) is 4. The molecule has 0 saturated heterocycles. The Hall–Kier alpha value is -3.22. The highest BCUT2D eigenvalue weighted by Crippen LogP contribution is 2.38. The molecular weight excluding hydrogens is 419 g/mol. The molecule has 0 spiro atoms. The third-order valence-corrected chi connectivity index (χ3v) is 6.57. The molecule has 172 valence electrons. The number of fused-ring (bicyclic) bond motifs is 1. The van der Waals surface area contributed by atoms with Crippen LogP contribution in [0.25, 0.3) is 33.3 Å². The number of alkyl halides is 1. The number of rotatable bonds is 5. The fourth-order valence-electron chi connectivity index (χ4n) is 4.66. The van der Waals surface area contributed by atoms with E-state index in [2.05, 4.69) is 10.1 Å². The summed E-state index contributed by atoms with van der Waals surface area (Å²) in [5, 5.41) is 4.06. The van der Waals surface area contributed by atoms with Gasteiger partial charge >= 0.3 is 0 Å². The minimum atomic E-state index is -1.73. The minimum Gasteiger partial charge on any atom is -0.481 e. The van der Waals surface area contributed by atoms with Crippen molar-refractivity contribution in [2.24, 2.45) is 5.92 Å². The van der Waals surface area contributed by atoms with E-state index in [1.165, 1.54) is 0 Å². The van der Waals surface area contributed by atoms with E-state index in [0.717, 1.165) is 27.9 Å². The Balaban J connectivity index is 1.68. The predicted molar refractivity (Wildman–Crippen MR) is 126 cm³/mol. The molecule has 7 heteroatoms. The summed E-state index contributed by atoms with van der Waals surface area (Å²) < 4.78 is 45.0. The second kappa shape index (κ2) is 8.28. The largest absolute Gasteiger partial charge is 0.481 e. The van der Waals surface area contributed by atoms with Crippen LogP contribution < -0.4 is 4.74 Å². The van der Waals surface area contributed by atoms with Crippen LogP contribution in [0.1, 0.15) is 46.8 Å². The van der Waals surface area contributed by atoms with Crippen LogP contribution in [0.5, 0.6) is 5.88 Å². The Kier molecular flexibility index (Phi) is 4.84. The van der Waals surface area contributed by atoms with Gasteiger partial charge < -0.3 is 13.8 Å². The van der Waals surface area contributed by atoms with Crippen molar-refractivity contribution in [3.63, 3.8) is 0 Å². The van der Waals surface area contributed by atoms with Gasteiger partial charge in [-0.05, 0) is 64.5 Å². The van der Waals surface area contributed by atoms with Crippen LogP contribution in [0, 0.1) is 19.8 Å². The number of hydrogen-bond acceptors (Lipinski definition) is 5. The third-order valence-electron chi connectivity index (χ3n) is 6.57. The van der Waals surface area contributed by atoms with Crippen molar-refractivity contribution in [3.8, 4) is 28.1 Å². The van der Waals surface area contributed by atoms with E-state index >= 15 is 0 Å². The van der Waals surface area contributed by atoms with E-state index in [1.54, 1.807) is 37.1 Å². The van der Waals surface area contributed by atoms with Gasteiger partial charge in [-0.1, -0.05) is 5.16 Å². The first kappa shape index (κ1) is 19.3. The summed E-state index contributed by atoms with van der Waals surface area (Å²) in [6, 6.07) is 5.60. The van der Waals surface area contributed by atoms with E-state index in [-0.39, 0.29) is 5.92 Å². The number of ether oxygens (including phenoxy) is 1. The molecule has 4 aromatic rings. The van der Waals surface area contributed by atoms with Gasteiger partial charge in [-0.3, -0.25) is 4.98 Å². The van der Waals surface area contributed by atoms with Crippen molar-refractivity contribution in [1.82, 2.24) is 19.7 Å². The molecule has 0 radical (unpaired) electrons. The first-order valence-electron chi connectivity index (χ1n) is 12.2. The lowest BCUT2D eigenvalue weighted by Gasteiger charge is -2.31. The van der Waals surface area contributed by atoms with Gasteiger partial charge in [0.15, 0.2) is 0 Å². The van der Waals surface area contributed by atoms with Gasteiger partial charge in [-0.2, -0.15) is 0 Å². The van der Waals surface area contributed by atoms with Crippen LogP contribution in [0.4, 0.5) is 4.39 Å². The highest BCUT2D eigenvalue weighted by molar-refractivity contribution is 5.95. The van der Waals surface area contributed by atoms with E-state index in [0.29, 0.717) is 48.4 Å². The molecule has 1 aliphatic carbocycles. The summed E-state index contributed by atoms with van der Waals surface area (Å²) in [7, 11) is 1.56. The fourth-order valence-corrected chi connectivity index (χ4v) is 4.66. The van der Waals surface area contributed by atoms with Gasteiger partial charge in [-0.15, -0.1) is 0 Å². The highest BCUT2D eigenvalue weighted by atomic mass is 19.1. The lowest BCUT2D eigenvalue weighted by Crippen LogP contribution is -2.27. The molecular formula is C26H29FN4O2. The lowest BCUT2D eigenvalue weighted by atomic mass is 9.81. The Morgan fingerprint density at radius 2 is 1.97 bits per heavy atom. The van der Waals surface area contributed by atoms with Crippen molar-refractivity contribution in [3.05, 3.63) is 48.2 Å². The molecule has 1 fully saturated rings. The Morgan fingerprint density at radius 1 is 1.21 bits per heavy atom. The number of methoxy groups -OCH3 is 1. The molecule has 0 amide bonds. The smallest absolute Gasteiger partial charge is 0.212 e. The van der Waals surface area contributed by atoms with E-state index < -0.39 is 12.2 Å². The molecule has 1 aliphatic rings. The predicted octanol–water partition coefficient (Wildman–Crippen LogP) is 6.30. The average molecular weight is 451 g/mol. The van der Waals surface area contributed by atoms with Crippen LogP contribution in [0.3, 0.4) is 0 Å². The monoisotopic (exact) mass is 450 g/mol. The van der Waals surface area contributed by atoms with Crippen molar-refractivity contribution < 1.29 is 16.4 Å². The summed E-state index contributed by atoms with van der Waals surface area (Å²) in [4.78, 5) is 9.09. The standard InChI is InChI=1S/C26H29FN4O2/c1-16-24(17(2)33-30-16)20-11-22-25(29-13-20)21(19-5-6-23(32-4)28-12-19)15-31(22)14-18-7-9-26(3,27)10-8-18/h5-6,11-13,15,18H,7-10,14H2,1-4H3/i14D2. The molecule has 0 unspecified atom stereocenters. The van der Waals surface area contributed by atoms with Crippen molar-refractivity contribution in [1.29, 1.82) is 0 Å². The Labute approximate surface area is 195 Å². The second-order valence-electron chi connectivity index (χ2n) is 9.11. The van der Waals surface area contributed by atoms with Gasteiger partial charge in [0, 0.05) is 53.4 Å². The third kappa shape index (κ3) is 4.12. The van der Waals surface area contributed by atoms with Gasteiger partial charge in [0.25, 0.3) is 0 Å². The highest BCUT2D eigenvalue weighted by Gasteiger charge is 2.31. The fraction of sp³-hybridized carbons (Fsp3) is 0.423. The molecule has 33 heavy (non-hydrogen) atoms. The van der Waals surface area contributed by atoms with Crippen molar-refractivity contribution in [2.45, 2.75) is 58.6 Å². The van der Waals surface area contributed by atoms with Crippen LogP contribution in [0.2, 0.25) is 0 Å². The zero-order valence-electron chi connectivity index (χ0n) is 21.4. The number of pyridine rings is 2. The lowest BCUT2D eigenvalue weighted by molar-refractivity contribution is 0.0985. The zero-order valence-corrected chi connectivity index (χ0v) is 19.4. The Bertz CT molecular complexity index is 1350. The topological polar surface area (TPSA) is 66.0 Å². The summed E-state index contributed by atoms with van der Waals surface area (Å²) in [6.45, 7) is 3.60. The van der Waals surface area contributed by atoms with E-state index in [1.807, 2.05) is 32.2 Å². The molecule has 4 aromatic heterocycles. The summed E-state index contributed by atoms with van der Waals surface area (Å²) in [5.41, 5.74) is 4.09. The maximum atomic E-state index is 14.5. The number of halogens is 1. The molecule has 1 saturated carbocycles. The van der Waals surface area contributed by atoms with Crippen LogP contribution in [0.15, 0.2) is 41.3 Å². The second-order valence-corrected chi connectivity index (χ2v) is 9.11. The van der Waals surface area contributed by atoms with Gasteiger partial charge in [0.1, 0.15) is 11.4 Å². The van der Waals surface area contributed by atoms with Crippen LogP contribution >= 0.6 is 0 Å². The summed E-state index contributed by atoms with van der Waals surface area (Å²) in [6.07, 6.45) is 6.95. The van der Waals surface area contributed by atoms with Gasteiger partial charge in [0.05, 0.1) is 26.6 Å². The number of aryl methyl sites for hydroxylation is 2. The molecule has 0 N–H and O–H groups in total. The SMILES string of the molecule is [2H]C([2H])(C1CCC(C)(F)CC1)n1cc(-c2ccc(OC)nc2)c2ncc(-c3c(C)noc3C)cc21. The number of hydrogen-bond donors (Lipinski definition) is 0. The van der Waals surface area contributed by atoms with Crippen molar-refractivity contribution in [2.75, 3.05) is 7.11 Å². The van der Waals surface area contributed by atoms with E-state index in [4.69, 9.17) is 17.0 Å². The molecule has 6 nitrogen and oxygen atoms in total. The molecule has 4 heterocycles. The normalized spacial score (nSPS) is 22.3. The quantitative estimate of drug-likeness (QED) is 0.357. The Morgan fingerprint density at radius 3 is 2.61 bits per heavy atom. The molecule has 5 rings (SSSR count). The first-order chi connectivity index (χ1) is 16.6. The van der Waals surface area contributed by atoms with E-state index in [9.17, 15) is 4.39 Å². The molecule has 0 aromatic carbocycles. The summed E-state index contributed by atoms with van der Waals surface area (Å²) in [5.74, 6) is 0.864. The maximum Gasteiger partial charge on any atom is 0.212 e. The zero-order chi connectivity index (χ0) is 25.0. The van der Waals surface area contributed by atoms with Crippen molar-refractivity contribution >= 4 is 11.0 Å². The van der Waals surface area contributed by atoms with Gasteiger partial charge in [-0.25, -0.2) is 9.37 Å². The molecule has 0 atom stereocenters. The average Bonchev–Trinajstić information content (AvgIpc) is 3.38. The molecule has 0 bridgehead atoms. The van der Waals surface area contributed by atoms with Gasteiger partial charge in [0.2, 0.25) is 5.88 Å². The van der Waals surface area contributed by atoms with Crippen LogP contribution in [-0.4, -0.2) is 32.5 Å². The maximum absolute atomic E-state index is 14.5.